The second kappa shape index (κ2) is 4.20. The Bertz CT molecular complexity index is 487. The molecule has 2 aliphatic rings. The first-order valence-electron chi connectivity index (χ1n) is 5.90. The highest BCUT2D eigenvalue weighted by atomic mass is 32.2. The first-order chi connectivity index (χ1) is 8.28. The lowest BCUT2D eigenvalue weighted by Gasteiger charge is -2.37. The molecule has 2 N–H and O–H groups in total. The zero-order valence-corrected chi connectivity index (χ0v) is 11.2. The second-order valence-corrected chi connectivity index (χ2v) is 7.51. The summed E-state index contributed by atoms with van der Waals surface area (Å²) in [6.07, 6.45) is 1.02. The molecule has 102 valence electrons. The molecule has 2 heterocycles. The van der Waals surface area contributed by atoms with Crippen LogP contribution in [0.1, 0.15) is 26.7 Å². The average molecular weight is 275 g/mol. The topological polar surface area (TPSA) is 95.6 Å². The molecule has 2 rings (SSSR count). The zero-order valence-electron chi connectivity index (χ0n) is 10.4. The van der Waals surface area contributed by atoms with Crippen LogP contribution in [0.4, 0.5) is 4.79 Å². The van der Waals surface area contributed by atoms with Gasteiger partial charge in [0.1, 0.15) is 5.54 Å². The van der Waals surface area contributed by atoms with Crippen molar-refractivity contribution >= 4 is 22.0 Å². The molecule has 0 aromatic rings. The minimum Gasteiger partial charge on any atom is -0.322 e. The predicted octanol–water partition coefficient (Wildman–Crippen LogP) is -0.601. The van der Waals surface area contributed by atoms with Crippen molar-refractivity contribution in [1.82, 2.24) is 14.9 Å². The van der Waals surface area contributed by atoms with Crippen molar-refractivity contribution in [3.8, 4) is 0 Å². The number of piperidine rings is 1. The summed E-state index contributed by atoms with van der Waals surface area (Å²) in [5, 5.41) is 4.19. The Balaban J connectivity index is 2.25. The molecule has 2 saturated heterocycles. The minimum atomic E-state index is -3.40. The van der Waals surface area contributed by atoms with Gasteiger partial charge in [0.05, 0.1) is 5.25 Å². The Hall–Kier alpha value is -1.15. The highest BCUT2D eigenvalue weighted by molar-refractivity contribution is 7.89. The maximum absolute atomic E-state index is 12.1. The summed E-state index contributed by atoms with van der Waals surface area (Å²) in [6.45, 7) is 3.62. The predicted molar refractivity (Wildman–Crippen MR) is 64.3 cm³/mol. The number of carbonyl (C=O) groups is 2. The Labute approximate surface area is 106 Å². The maximum atomic E-state index is 12.1. The lowest BCUT2D eigenvalue weighted by Crippen LogP contribution is -2.60. The van der Waals surface area contributed by atoms with Crippen LogP contribution in [0.15, 0.2) is 0 Å². The normalized spacial score (nSPS) is 29.7. The van der Waals surface area contributed by atoms with Crippen molar-refractivity contribution in [2.75, 3.05) is 13.1 Å². The van der Waals surface area contributed by atoms with E-state index in [4.69, 9.17) is 0 Å². The number of amides is 3. The van der Waals surface area contributed by atoms with Gasteiger partial charge in [-0.05, 0) is 26.7 Å². The molecule has 0 bridgehead atoms. The van der Waals surface area contributed by atoms with Gasteiger partial charge in [0.2, 0.25) is 10.0 Å². The molecule has 2 fully saturated rings. The Morgan fingerprint density at radius 2 is 2.00 bits per heavy atom. The highest BCUT2D eigenvalue weighted by Gasteiger charge is 2.50. The van der Waals surface area contributed by atoms with Crippen LogP contribution in [0, 0.1) is 0 Å². The molecule has 1 spiro atoms. The van der Waals surface area contributed by atoms with Crippen LogP contribution in [-0.2, 0) is 14.8 Å². The monoisotopic (exact) mass is 275 g/mol. The first-order valence-corrected chi connectivity index (χ1v) is 7.41. The molecule has 3 amide bonds. The zero-order chi connectivity index (χ0) is 13.6. The van der Waals surface area contributed by atoms with Crippen molar-refractivity contribution in [3.63, 3.8) is 0 Å². The van der Waals surface area contributed by atoms with E-state index in [1.807, 2.05) is 0 Å². The number of nitrogens with zero attached hydrogens (tertiary/aromatic N) is 1. The number of sulfonamides is 1. The van der Waals surface area contributed by atoms with E-state index < -0.39 is 32.8 Å². The fourth-order valence-corrected chi connectivity index (χ4v) is 3.73. The highest BCUT2D eigenvalue weighted by Crippen LogP contribution is 2.27. The SMILES string of the molecule is CC(C)S(=O)(=O)N1CCCC2(C1)NC(=O)NC2=O. The van der Waals surface area contributed by atoms with Gasteiger partial charge in [-0.25, -0.2) is 13.2 Å². The molecule has 2 aliphatic heterocycles. The molecule has 1 atom stereocenters. The van der Waals surface area contributed by atoms with Gasteiger partial charge < -0.3 is 5.32 Å². The molecule has 18 heavy (non-hydrogen) atoms. The smallest absolute Gasteiger partial charge is 0.322 e. The van der Waals surface area contributed by atoms with Crippen molar-refractivity contribution in [1.29, 1.82) is 0 Å². The van der Waals surface area contributed by atoms with Gasteiger partial charge in [-0.3, -0.25) is 10.1 Å². The van der Waals surface area contributed by atoms with Crippen molar-refractivity contribution in [2.45, 2.75) is 37.5 Å². The standard InChI is InChI=1S/C10H17N3O4S/c1-7(2)18(16,17)13-5-3-4-10(6-13)8(14)11-9(15)12-10/h7H,3-6H2,1-2H3,(H2,11,12,14,15). The van der Waals surface area contributed by atoms with E-state index in [2.05, 4.69) is 10.6 Å². The molecule has 1 unspecified atom stereocenters. The third-order valence-corrected chi connectivity index (χ3v) is 5.65. The fourth-order valence-electron chi connectivity index (χ4n) is 2.35. The third kappa shape index (κ3) is 1.99. The summed E-state index contributed by atoms with van der Waals surface area (Å²) in [6, 6.07) is -0.552. The van der Waals surface area contributed by atoms with E-state index in [1.54, 1.807) is 13.8 Å². The van der Waals surface area contributed by atoms with E-state index in [1.165, 1.54) is 4.31 Å². The van der Waals surface area contributed by atoms with Gasteiger partial charge in [0.25, 0.3) is 5.91 Å². The Kier molecular flexibility index (Phi) is 3.10. The summed E-state index contributed by atoms with van der Waals surface area (Å²) < 4.78 is 25.5. The van der Waals surface area contributed by atoms with Crippen molar-refractivity contribution in [2.24, 2.45) is 0 Å². The minimum absolute atomic E-state index is 0.0189. The number of nitrogens with one attached hydrogen (secondary N) is 2. The van der Waals surface area contributed by atoms with Gasteiger partial charge in [0.15, 0.2) is 0 Å². The van der Waals surface area contributed by atoms with Crippen LogP contribution in [0.2, 0.25) is 0 Å². The summed E-state index contributed by atoms with van der Waals surface area (Å²) >= 11 is 0. The number of hydrogen-bond acceptors (Lipinski definition) is 4. The number of urea groups is 1. The van der Waals surface area contributed by atoms with E-state index in [9.17, 15) is 18.0 Å². The number of imide groups is 1. The molecule has 0 aliphatic carbocycles. The first kappa shape index (κ1) is 13.3. The van der Waals surface area contributed by atoms with E-state index in [-0.39, 0.29) is 6.54 Å². The van der Waals surface area contributed by atoms with Crippen LogP contribution in [-0.4, -0.2) is 48.5 Å². The molecule has 0 aromatic carbocycles. The largest absolute Gasteiger partial charge is 0.322 e. The quantitative estimate of drug-likeness (QED) is 0.658. The van der Waals surface area contributed by atoms with Gasteiger partial charge in [0, 0.05) is 13.1 Å². The van der Waals surface area contributed by atoms with E-state index in [0.29, 0.717) is 19.4 Å². The molecule has 7 nitrogen and oxygen atoms in total. The van der Waals surface area contributed by atoms with E-state index in [0.717, 1.165) is 0 Å². The van der Waals surface area contributed by atoms with Gasteiger partial charge in [-0.2, -0.15) is 4.31 Å². The van der Waals surface area contributed by atoms with Crippen molar-refractivity contribution in [3.05, 3.63) is 0 Å². The molecule has 0 aromatic heterocycles. The second-order valence-electron chi connectivity index (χ2n) is 5.02. The van der Waals surface area contributed by atoms with Crippen molar-refractivity contribution < 1.29 is 18.0 Å². The van der Waals surface area contributed by atoms with Gasteiger partial charge in [-0.1, -0.05) is 0 Å². The third-order valence-electron chi connectivity index (χ3n) is 3.43. The summed E-state index contributed by atoms with van der Waals surface area (Å²) in [4.78, 5) is 23.0. The van der Waals surface area contributed by atoms with Gasteiger partial charge >= 0.3 is 6.03 Å². The molecule has 0 radical (unpaired) electrons. The van der Waals surface area contributed by atoms with Crippen LogP contribution in [0.5, 0.6) is 0 Å². The summed E-state index contributed by atoms with van der Waals surface area (Å²) in [5.41, 5.74) is -1.09. The lowest BCUT2D eigenvalue weighted by atomic mass is 9.90. The number of carbonyl (C=O) groups excluding carboxylic acids is 2. The van der Waals surface area contributed by atoms with Crippen LogP contribution in [0.25, 0.3) is 0 Å². The number of hydrogen-bond donors (Lipinski definition) is 2. The molecule has 8 heteroatoms. The van der Waals surface area contributed by atoms with Crippen LogP contribution >= 0.6 is 0 Å². The van der Waals surface area contributed by atoms with Gasteiger partial charge in [-0.15, -0.1) is 0 Å². The fraction of sp³-hybridized carbons (Fsp3) is 0.800. The maximum Gasteiger partial charge on any atom is 0.322 e. The average Bonchev–Trinajstić information content (AvgIpc) is 2.53. The molecule has 0 saturated carbocycles. The number of rotatable bonds is 2. The van der Waals surface area contributed by atoms with Crippen LogP contribution < -0.4 is 10.6 Å². The summed E-state index contributed by atoms with van der Waals surface area (Å²) in [7, 11) is -3.40. The molecular formula is C10H17N3O4S. The van der Waals surface area contributed by atoms with Crippen LogP contribution in [0.3, 0.4) is 0 Å². The van der Waals surface area contributed by atoms with E-state index >= 15 is 0 Å². The molecular weight excluding hydrogens is 258 g/mol. The Morgan fingerprint density at radius 3 is 2.50 bits per heavy atom. The Morgan fingerprint density at radius 1 is 1.33 bits per heavy atom. The summed E-state index contributed by atoms with van der Waals surface area (Å²) in [5.74, 6) is -0.434. The lowest BCUT2D eigenvalue weighted by molar-refractivity contribution is -0.125.